The number of carbonyl (C=O) groups is 1. The van der Waals surface area contributed by atoms with Crippen LogP contribution < -0.4 is 10.6 Å². The molecule has 0 radical (unpaired) electrons. The van der Waals surface area contributed by atoms with Crippen LogP contribution in [-0.2, 0) is 6.42 Å². The molecule has 9 heteroatoms. The molecule has 5 rings (SSSR count). The number of rotatable bonds is 6. The minimum atomic E-state index is -0.331. The predicted molar refractivity (Wildman–Crippen MR) is 110 cm³/mol. The standard InChI is InChI=1S/C21H21FN6O2/c1-11-16(17-18(28-21(2)6-7-21)24-10-25-20(17)30-11)19(29)23-8-5-15-26-13-4-3-12(22)9-14(13)27-15/h3-4,9-10H,5-8H2,1-2H3,(H,23,29)(H,26,27)(H,24,25,28). The molecule has 0 atom stereocenters. The van der Waals surface area contributed by atoms with Crippen LogP contribution in [0.1, 0.15) is 41.7 Å². The van der Waals surface area contributed by atoms with Gasteiger partial charge in [-0.3, -0.25) is 4.79 Å². The van der Waals surface area contributed by atoms with Gasteiger partial charge in [0.15, 0.2) is 0 Å². The van der Waals surface area contributed by atoms with Crippen LogP contribution in [0, 0.1) is 12.7 Å². The van der Waals surface area contributed by atoms with E-state index in [2.05, 4.69) is 37.5 Å². The molecule has 3 aromatic heterocycles. The van der Waals surface area contributed by atoms with Crippen LogP contribution in [0.5, 0.6) is 0 Å². The van der Waals surface area contributed by atoms with Crippen molar-refractivity contribution in [1.29, 1.82) is 0 Å². The van der Waals surface area contributed by atoms with Crippen molar-refractivity contribution in [2.24, 2.45) is 0 Å². The lowest BCUT2D eigenvalue weighted by atomic mass is 10.1. The van der Waals surface area contributed by atoms with Gasteiger partial charge >= 0.3 is 0 Å². The third-order valence-electron chi connectivity index (χ3n) is 5.45. The Kier molecular flexibility index (Phi) is 4.19. The largest absolute Gasteiger partial charge is 0.442 e. The lowest BCUT2D eigenvalue weighted by Crippen LogP contribution is -2.26. The fraction of sp³-hybridized carbons (Fsp3) is 0.333. The van der Waals surface area contributed by atoms with Crippen LogP contribution >= 0.6 is 0 Å². The molecule has 1 aromatic carbocycles. The van der Waals surface area contributed by atoms with Crippen molar-refractivity contribution in [1.82, 2.24) is 25.3 Å². The van der Waals surface area contributed by atoms with E-state index >= 15 is 0 Å². The Morgan fingerprint density at radius 3 is 2.97 bits per heavy atom. The number of nitrogens with zero attached hydrogens (tertiary/aromatic N) is 3. The fourth-order valence-electron chi connectivity index (χ4n) is 3.54. The highest BCUT2D eigenvalue weighted by molar-refractivity contribution is 6.10. The third kappa shape index (κ3) is 3.36. The van der Waals surface area contributed by atoms with Gasteiger partial charge in [0.05, 0.1) is 22.0 Å². The van der Waals surface area contributed by atoms with E-state index in [4.69, 9.17) is 4.42 Å². The van der Waals surface area contributed by atoms with E-state index in [9.17, 15) is 9.18 Å². The topological polar surface area (TPSA) is 109 Å². The zero-order valence-electron chi connectivity index (χ0n) is 16.7. The number of carbonyl (C=O) groups excluding carboxylic acids is 1. The molecule has 30 heavy (non-hydrogen) atoms. The summed E-state index contributed by atoms with van der Waals surface area (Å²) < 4.78 is 19.0. The number of anilines is 1. The Morgan fingerprint density at radius 2 is 2.17 bits per heavy atom. The van der Waals surface area contributed by atoms with E-state index < -0.39 is 0 Å². The number of aromatic amines is 1. The average Bonchev–Trinajstić information content (AvgIpc) is 3.13. The molecule has 1 amide bonds. The molecule has 3 heterocycles. The molecule has 3 N–H and O–H groups in total. The normalized spacial score (nSPS) is 14.9. The van der Waals surface area contributed by atoms with E-state index in [1.165, 1.54) is 18.5 Å². The number of amides is 1. The molecule has 0 aliphatic heterocycles. The van der Waals surface area contributed by atoms with Gasteiger partial charge in [-0.1, -0.05) is 0 Å². The number of halogens is 1. The first kappa shape index (κ1) is 18.5. The van der Waals surface area contributed by atoms with Crippen LogP contribution in [0.4, 0.5) is 10.2 Å². The first-order valence-electron chi connectivity index (χ1n) is 9.86. The van der Waals surface area contributed by atoms with Gasteiger partial charge in [-0.15, -0.1) is 0 Å². The van der Waals surface area contributed by atoms with E-state index in [1.807, 2.05) is 0 Å². The van der Waals surface area contributed by atoms with Crippen LogP contribution in [0.25, 0.3) is 22.1 Å². The number of aromatic nitrogens is 4. The van der Waals surface area contributed by atoms with Crippen LogP contribution in [0.15, 0.2) is 28.9 Å². The van der Waals surface area contributed by atoms with E-state index in [1.54, 1.807) is 13.0 Å². The first-order chi connectivity index (χ1) is 14.4. The first-order valence-corrected chi connectivity index (χ1v) is 9.86. The van der Waals surface area contributed by atoms with Crippen molar-refractivity contribution in [3.8, 4) is 0 Å². The number of hydrogen-bond acceptors (Lipinski definition) is 6. The smallest absolute Gasteiger partial charge is 0.255 e. The summed E-state index contributed by atoms with van der Waals surface area (Å²) in [6.45, 7) is 4.22. The Labute approximate surface area is 171 Å². The number of hydrogen-bond donors (Lipinski definition) is 3. The fourth-order valence-corrected chi connectivity index (χ4v) is 3.54. The summed E-state index contributed by atoms with van der Waals surface area (Å²) in [5.41, 5.74) is 2.15. The predicted octanol–water partition coefficient (Wildman–Crippen LogP) is 3.48. The maximum Gasteiger partial charge on any atom is 0.255 e. The number of benzene rings is 1. The number of nitrogens with one attached hydrogen (secondary N) is 3. The molecule has 0 bridgehead atoms. The van der Waals surface area contributed by atoms with Gasteiger partial charge in [0.2, 0.25) is 5.71 Å². The summed E-state index contributed by atoms with van der Waals surface area (Å²) in [5.74, 6) is 1.19. The SMILES string of the molecule is Cc1oc2ncnc(NC3(C)CC3)c2c1C(=O)NCCc1nc2cc(F)ccc2[nH]1. The second kappa shape index (κ2) is 6.79. The van der Waals surface area contributed by atoms with Gasteiger partial charge in [-0.05, 0) is 38.8 Å². The van der Waals surface area contributed by atoms with Gasteiger partial charge in [0.1, 0.15) is 29.5 Å². The molecule has 1 saturated carbocycles. The number of fused-ring (bicyclic) bond motifs is 2. The monoisotopic (exact) mass is 408 g/mol. The lowest BCUT2D eigenvalue weighted by Gasteiger charge is -2.13. The second-order valence-electron chi connectivity index (χ2n) is 7.97. The number of imidazole rings is 1. The summed E-state index contributed by atoms with van der Waals surface area (Å²) in [4.78, 5) is 29.0. The number of H-pyrrole nitrogens is 1. The number of aryl methyl sites for hydroxylation is 1. The van der Waals surface area contributed by atoms with Gasteiger partial charge in [0, 0.05) is 24.6 Å². The van der Waals surface area contributed by atoms with Gasteiger partial charge in [-0.2, -0.15) is 0 Å². The summed E-state index contributed by atoms with van der Waals surface area (Å²) in [5, 5.41) is 6.92. The summed E-state index contributed by atoms with van der Waals surface area (Å²) in [6, 6.07) is 4.41. The van der Waals surface area contributed by atoms with Crippen molar-refractivity contribution in [2.75, 3.05) is 11.9 Å². The van der Waals surface area contributed by atoms with Gasteiger partial charge < -0.3 is 20.0 Å². The Morgan fingerprint density at radius 1 is 1.33 bits per heavy atom. The van der Waals surface area contributed by atoms with Crippen LogP contribution in [0.2, 0.25) is 0 Å². The van der Waals surface area contributed by atoms with Crippen LogP contribution in [-0.4, -0.2) is 37.9 Å². The maximum absolute atomic E-state index is 13.3. The van der Waals surface area contributed by atoms with Crippen molar-refractivity contribution in [3.05, 3.63) is 47.5 Å². The molecule has 1 aliphatic carbocycles. The highest BCUT2D eigenvalue weighted by Crippen LogP contribution is 2.40. The molecule has 0 saturated heterocycles. The zero-order valence-corrected chi connectivity index (χ0v) is 16.7. The summed E-state index contributed by atoms with van der Waals surface area (Å²) in [7, 11) is 0. The highest BCUT2D eigenvalue weighted by atomic mass is 19.1. The quantitative estimate of drug-likeness (QED) is 0.451. The Balaban J connectivity index is 1.34. The molecule has 154 valence electrons. The molecule has 0 spiro atoms. The molecule has 1 aliphatic rings. The van der Waals surface area contributed by atoms with Gasteiger partial charge in [0.25, 0.3) is 5.91 Å². The third-order valence-corrected chi connectivity index (χ3v) is 5.45. The van der Waals surface area contributed by atoms with E-state index in [-0.39, 0.29) is 17.3 Å². The minimum Gasteiger partial charge on any atom is -0.442 e. The van der Waals surface area contributed by atoms with Crippen molar-refractivity contribution in [2.45, 2.75) is 38.6 Å². The molecular formula is C21H21FN6O2. The average molecular weight is 408 g/mol. The molecule has 4 aromatic rings. The lowest BCUT2D eigenvalue weighted by molar-refractivity contribution is 0.0954. The summed E-state index contributed by atoms with van der Waals surface area (Å²) >= 11 is 0. The maximum atomic E-state index is 13.3. The van der Waals surface area contributed by atoms with E-state index in [0.717, 1.165) is 18.4 Å². The van der Waals surface area contributed by atoms with Crippen molar-refractivity contribution in [3.63, 3.8) is 0 Å². The molecular weight excluding hydrogens is 387 g/mol. The molecule has 1 fully saturated rings. The number of furan rings is 1. The van der Waals surface area contributed by atoms with Crippen molar-refractivity contribution >= 4 is 33.9 Å². The molecule has 8 nitrogen and oxygen atoms in total. The van der Waals surface area contributed by atoms with Crippen molar-refractivity contribution < 1.29 is 13.6 Å². The van der Waals surface area contributed by atoms with Gasteiger partial charge in [-0.25, -0.2) is 19.3 Å². The van der Waals surface area contributed by atoms with Crippen LogP contribution in [0.3, 0.4) is 0 Å². The zero-order chi connectivity index (χ0) is 20.9. The summed E-state index contributed by atoms with van der Waals surface area (Å²) in [6.07, 6.45) is 4.03. The second-order valence-corrected chi connectivity index (χ2v) is 7.97. The van der Waals surface area contributed by atoms with E-state index in [0.29, 0.717) is 52.5 Å². The Bertz CT molecular complexity index is 1270. The minimum absolute atomic E-state index is 0.000963. The Hall–Kier alpha value is -3.49. The molecule has 0 unspecified atom stereocenters. The highest BCUT2D eigenvalue weighted by Gasteiger charge is 2.38.